The second-order valence-corrected chi connectivity index (χ2v) is 4.59. The third-order valence-electron chi connectivity index (χ3n) is 2.97. The van der Waals surface area contributed by atoms with Gasteiger partial charge in [-0.3, -0.25) is 10.1 Å². The fourth-order valence-electron chi connectivity index (χ4n) is 1.93. The lowest BCUT2D eigenvalue weighted by molar-refractivity contribution is -0.131. The predicted octanol–water partition coefficient (Wildman–Crippen LogP) is 1.03. The first kappa shape index (κ1) is 14.2. The minimum absolute atomic E-state index is 0.0949. The summed E-state index contributed by atoms with van der Waals surface area (Å²) in [4.78, 5) is 32.7. The molecule has 0 aliphatic heterocycles. The molecule has 6 nitrogen and oxygen atoms in total. The number of hydrogen-bond acceptors (Lipinski definition) is 3. The molecule has 1 fully saturated rings. The Labute approximate surface area is 105 Å². The van der Waals surface area contributed by atoms with E-state index in [9.17, 15) is 14.4 Å². The van der Waals surface area contributed by atoms with Gasteiger partial charge < -0.3 is 10.4 Å². The average Bonchev–Trinajstić information content (AvgIpc) is 2.29. The van der Waals surface area contributed by atoms with Crippen LogP contribution in [0, 0.1) is 5.92 Å². The summed E-state index contributed by atoms with van der Waals surface area (Å²) in [5, 5.41) is 13.1. The summed E-state index contributed by atoms with van der Waals surface area (Å²) < 4.78 is 0. The Bertz CT molecular complexity index is 357. The molecule has 0 atom stereocenters. The lowest BCUT2D eigenvalue weighted by Gasteiger charge is -2.26. The zero-order valence-corrected chi connectivity index (χ0v) is 10.3. The molecule has 0 aromatic heterocycles. The zero-order chi connectivity index (χ0) is 13.5. The molecule has 3 amide bonds. The Morgan fingerprint density at radius 2 is 1.72 bits per heavy atom. The molecular formula is C12H18N2O4. The van der Waals surface area contributed by atoms with Gasteiger partial charge in [0.25, 0.3) is 5.91 Å². The molecule has 1 aliphatic carbocycles. The molecule has 0 saturated heterocycles. The van der Waals surface area contributed by atoms with Crippen LogP contribution in [0.2, 0.25) is 0 Å². The number of hydrogen-bond donors (Lipinski definition) is 3. The van der Waals surface area contributed by atoms with Gasteiger partial charge in [0, 0.05) is 18.2 Å². The van der Waals surface area contributed by atoms with Gasteiger partial charge in [-0.25, -0.2) is 9.59 Å². The maximum Gasteiger partial charge on any atom is 0.328 e. The number of imide groups is 1. The number of aliphatic carboxylic acids is 1. The van der Waals surface area contributed by atoms with E-state index in [1.54, 1.807) is 0 Å². The quantitative estimate of drug-likeness (QED) is 0.655. The number of rotatable bonds is 3. The Kier molecular flexibility index (Phi) is 5.35. The van der Waals surface area contributed by atoms with E-state index >= 15 is 0 Å². The molecular weight excluding hydrogens is 236 g/mol. The van der Waals surface area contributed by atoms with E-state index in [1.165, 1.54) is 0 Å². The van der Waals surface area contributed by atoms with Crippen LogP contribution in [0.5, 0.6) is 0 Å². The van der Waals surface area contributed by atoms with Crippen LogP contribution >= 0.6 is 0 Å². The van der Waals surface area contributed by atoms with Crippen molar-refractivity contribution in [2.24, 2.45) is 5.92 Å². The Hall–Kier alpha value is -1.85. The fraction of sp³-hybridized carbons (Fsp3) is 0.583. The predicted molar refractivity (Wildman–Crippen MR) is 64.9 cm³/mol. The number of amides is 3. The molecule has 6 heteroatoms. The second-order valence-electron chi connectivity index (χ2n) is 4.59. The third-order valence-corrected chi connectivity index (χ3v) is 2.97. The molecule has 1 rings (SSSR count). The monoisotopic (exact) mass is 254 g/mol. The maximum absolute atomic E-state index is 11.4. The number of urea groups is 1. The van der Waals surface area contributed by atoms with Crippen molar-refractivity contribution in [3.05, 3.63) is 12.2 Å². The summed E-state index contributed by atoms with van der Waals surface area (Å²) in [6, 6.07) is -0.480. The van der Waals surface area contributed by atoms with Crippen LogP contribution in [-0.2, 0) is 9.59 Å². The lowest BCUT2D eigenvalue weighted by atomic mass is 9.87. The smallest absolute Gasteiger partial charge is 0.328 e. The van der Waals surface area contributed by atoms with Gasteiger partial charge in [-0.1, -0.05) is 6.92 Å². The number of carbonyl (C=O) groups excluding carboxylic acids is 2. The summed E-state index contributed by atoms with van der Waals surface area (Å²) in [7, 11) is 0. The summed E-state index contributed by atoms with van der Waals surface area (Å²) in [6.07, 6.45) is 5.45. The average molecular weight is 254 g/mol. The van der Waals surface area contributed by atoms with Crippen LogP contribution < -0.4 is 10.6 Å². The van der Waals surface area contributed by atoms with Crippen LogP contribution in [0.3, 0.4) is 0 Å². The summed E-state index contributed by atoms with van der Waals surface area (Å²) >= 11 is 0. The molecule has 18 heavy (non-hydrogen) atoms. The fourth-order valence-corrected chi connectivity index (χ4v) is 1.93. The van der Waals surface area contributed by atoms with Gasteiger partial charge in [-0.15, -0.1) is 0 Å². The van der Waals surface area contributed by atoms with Crippen molar-refractivity contribution in [3.63, 3.8) is 0 Å². The van der Waals surface area contributed by atoms with E-state index in [2.05, 4.69) is 17.6 Å². The highest BCUT2D eigenvalue weighted by Gasteiger charge is 2.19. The number of carboxylic acid groups (broad SMARTS) is 1. The van der Waals surface area contributed by atoms with Crippen molar-refractivity contribution in [3.8, 4) is 0 Å². The van der Waals surface area contributed by atoms with Crippen molar-refractivity contribution < 1.29 is 19.5 Å². The lowest BCUT2D eigenvalue weighted by Crippen LogP contribution is -2.45. The topological polar surface area (TPSA) is 95.5 Å². The third kappa shape index (κ3) is 5.47. The SMILES string of the molecule is CC1CCC(NC(=O)NC(=O)/C=C/C(=O)O)CC1. The van der Waals surface area contributed by atoms with Gasteiger partial charge in [-0.2, -0.15) is 0 Å². The van der Waals surface area contributed by atoms with E-state index in [1.807, 2.05) is 0 Å². The molecule has 1 saturated carbocycles. The molecule has 1 aliphatic rings. The molecule has 0 aromatic rings. The number of nitrogens with one attached hydrogen (secondary N) is 2. The van der Waals surface area contributed by atoms with Gasteiger partial charge in [0.1, 0.15) is 0 Å². The van der Waals surface area contributed by atoms with Gasteiger partial charge in [0.2, 0.25) is 0 Å². The maximum atomic E-state index is 11.4. The van der Waals surface area contributed by atoms with Crippen molar-refractivity contribution >= 4 is 17.9 Å². The molecule has 0 spiro atoms. The first-order valence-electron chi connectivity index (χ1n) is 6.00. The Balaban J connectivity index is 2.29. The van der Waals surface area contributed by atoms with E-state index in [0.29, 0.717) is 12.0 Å². The molecule has 0 radical (unpaired) electrons. The molecule has 3 N–H and O–H groups in total. The van der Waals surface area contributed by atoms with Gasteiger partial charge >= 0.3 is 12.0 Å². The first-order valence-corrected chi connectivity index (χ1v) is 6.00. The molecule has 0 unspecified atom stereocenters. The normalized spacial score (nSPS) is 23.6. The van der Waals surface area contributed by atoms with Crippen molar-refractivity contribution in [1.82, 2.24) is 10.6 Å². The van der Waals surface area contributed by atoms with Gasteiger partial charge in [0.05, 0.1) is 0 Å². The van der Waals surface area contributed by atoms with Crippen LogP contribution in [0.25, 0.3) is 0 Å². The Morgan fingerprint density at radius 3 is 2.28 bits per heavy atom. The van der Waals surface area contributed by atoms with Gasteiger partial charge in [0.15, 0.2) is 0 Å². The zero-order valence-electron chi connectivity index (χ0n) is 10.3. The molecule has 0 aromatic carbocycles. The molecule has 100 valence electrons. The number of carbonyl (C=O) groups is 3. The van der Waals surface area contributed by atoms with Crippen LogP contribution in [-0.4, -0.2) is 29.1 Å². The van der Waals surface area contributed by atoms with Gasteiger partial charge in [-0.05, 0) is 31.6 Å². The highest BCUT2D eigenvalue weighted by Crippen LogP contribution is 2.23. The van der Waals surface area contributed by atoms with Crippen molar-refractivity contribution in [2.75, 3.05) is 0 Å². The van der Waals surface area contributed by atoms with Crippen LogP contribution in [0.4, 0.5) is 4.79 Å². The minimum atomic E-state index is -1.23. The highest BCUT2D eigenvalue weighted by atomic mass is 16.4. The largest absolute Gasteiger partial charge is 0.478 e. The molecule has 0 bridgehead atoms. The standard InChI is InChI=1S/C12H18N2O4/c1-8-2-4-9(5-3-8)13-12(18)14-10(15)6-7-11(16)17/h6-9H,2-5H2,1H3,(H,16,17)(H2,13,14,15,18)/b7-6+. The minimum Gasteiger partial charge on any atom is -0.478 e. The van der Waals surface area contributed by atoms with E-state index < -0.39 is 17.9 Å². The Morgan fingerprint density at radius 1 is 1.11 bits per heavy atom. The summed E-state index contributed by atoms with van der Waals surface area (Å²) in [5.74, 6) is -1.28. The van der Waals surface area contributed by atoms with E-state index in [-0.39, 0.29) is 6.04 Å². The number of carboxylic acids is 1. The van der Waals surface area contributed by atoms with Crippen molar-refractivity contribution in [2.45, 2.75) is 38.6 Å². The summed E-state index contributed by atoms with van der Waals surface area (Å²) in [5.41, 5.74) is 0. The van der Waals surface area contributed by atoms with Crippen LogP contribution in [0.15, 0.2) is 12.2 Å². The molecule has 0 heterocycles. The highest BCUT2D eigenvalue weighted by molar-refractivity contribution is 6.02. The second kappa shape index (κ2) is 6.78. The summed E-state index contributed by atoms with van der Waals surface area (Å²) in [6.45, 7) is 2.18. The van der Waals surface area contributed by atoms with E-state index in [4.69, 9.17) is 5.11 Å². The first-order chi connectivity index (χ1) is 8.47. The van der Waals surface area contributed by atoms with E-state index in [0.717, 1.165) is 31.8 Å². The van der Waals surface area contributed by atoms with Crippen LogP contribution in [0.1, 0.15) is 32.6 Å². The van der Waals surface area contributed by atoms with Crippen molar-refractivity contribution in [1.29, 1.82) is 0 Å².